The summed E-state index contributed by atoms with van der Waals surface area (Å²) in [5, 5.41) is 0. The third-order valence-electron chi connectivity index (χ3n) is 2.68. The van der Waals surface area contributed by atoms with Crippen LogP contribution in [-0.2, 0) is 6.61 Å². The van der Waals surface area contributed by atoms with Crippen LogP contribution < -0.4 is 4.74 Å². The zero-order valence-electron chi connectivity index (χ0n) is 9.73. The number of ether oxygens (including phenoxy) is 1. The summed E-state index contributed by atoms with van der Waals surface area (Å²) < 4.78 is 5.73. The molecule has 82 valence electrons. The highest BCUT2D eigenvalue weighted by molar-refractivity contribution is 5.28. The van der Waals surface area contributed by atoms with Gasteiger partial charge < -0.3 is 4.74 Å². The van der Waals surface area contributed by atoms with Crippen molar-refractivity contribution in [3.63, 3.8) is 0 Å². The van der Waals surface area contributed by atoms with Gasteiger partial charge in [0.25, 0.3) is 0 Å². The SMILES string of the molecule is Cc1ccc(OCc2ccccc2C)cc1. The highest BCUT2D eigenvalue weighted by Crippen LogP contribution is 2.15. The maximum absolute atomic E-state index is 5.73. The molecule has 0 spiro atoms. The summed E-state index contributed by atoms with van der Waals surface area (Å²) in [6.07, 6.45) is 0. The molecule has 2 rings (SSSR count). The summed E-state index contributed by atoms with van der Waals surface area (Å²) in [7, 11) is 0. The van der Waals surface area contributed by atoms with E-state index in [4.69, 9.17) is 4.74 Å². The lowest BCUT2D eigenvalue weighted by atomic mass is 10.1. The molecule has 0 aromatic heterocycles. The molecule has 1 heteroatoms. The fourth-order valence-electron chi connectivity index (χ4n) is 1.57. The second-order valence-electron chi connectivity index (χ2n) is 4.03. The Hall–Kier alpha value is -1.76. The van der Waals surface area contributed by atoms with Crippen LogP contribution in [0.2, 0.25) is 0 Å². The number of hydrogen-bond acceptors (Lipinski definition) is 1. The van der Waals surface area contributed by atoms with Crippen LogP contribution in [0.3, 0.4) is 0 Å². The van der Waals surface area contributed by atoms with Gasteiger partial charge in [0.1, 0.15) is 12.4 Å². The number of hydrogen-bond donors (Lipinski definition) is 0. The second-order valence-corrected chi connectivity index (χ2v) is 4.03. The summed E-state index contributed by atoms with van der Waals surface area (Å²) in [5.41, 5.74) is 3.76. The molecule has 0 radical (unpaired) electrons. The van der Waals surface area contributed by atoms with Crippen molar-refractivity contribution in [2.45, 2.75) is 20.5 Å². The molecule has 0 saturated carbocycles. The lowest BCUT2D eigenvalue weighted by Crippen LogP contribution is -1.97. The molecule has 0 unspecified atom stereocenters. The first-order valence-electron chi connectivity index (χ1n) is 5.50. The second kappa shape index (κ2) is 4.84. The van der Waals surface area contributed by atoms with Crippen molar-refractivity contribution in [3.05, 3.63) is 65.2 Å². The summed E-state index contributed by atoms with van der Waals surface area (Å²) in [6.45, 7) is 4.81. The molecule has 0 aliphatic rings. The van der Waals surface area contributed by atoms with E-state index in [0.29, 0.717) is 6.61 Å². The molecule has 0 aliphatic heterocycles. The monoisotopic (exact) mass is 212 g/mol. The lowest BCUT2D eigenvalue weighted by Gasteiger charge is -2.08. The molecule has 2 aromatic rings. The van der Waals surface area contributed by atoms with Gasteiger partial charge in [0.05, 0.1) is 0 Å². The molecule has 0 aliphatic carbocycles. The molecule has 0 atom stereocenters. The van der Waals surface area contributed by atoms with E-state index < -0.39 is 0 Å². The Balaban J connectivity index is 2.02. The van der Waals surface area contributed by atoms with Crippen molar-refractivity contribution >= 4 is 0 Å². The van der Waals surface area contributed by atoms with Crippen molar-refractivity contribution in [3.8, 4) is 5.75 Å². The Morgan fingerprint density at radius 2 is 1.56 bits per heavy atom. The Morgan fingerprint density at radius 3 is 2.25 bits per heavy atom. The van der Waals surface area contributed by atoms with Crippen molar-refractivity contribution in [1.82, 2.24) is 0 Å². The fraction of sp³-hybridized carbons (Fsp3) is 0.200. The first kappa shape index (κ1) is 10.7. The molecule has 0 bridgehead atoms. The van der Waals surface area contributed by atoms with Crippen LogP contribution in [0.25, 0.3) is 0 Å². The zero-order valence-corrected chi connectivity index (χ0v) is 9.73. The first-order valence-corrected chi connectivity index (χ1v) is 5.50. The van der Waals surface area contributed by atoms with E-state index in [1.807, 2.05) is 24.3 Å². The maximum atomic E-state index is 5.73. The van der Waals surface area contributed by atoms with Gasteiger partial charge in [-0.05, 0) is 37.1 Å². The van der Waals surface area contributed by atoms with Gasteiger partial charge >= 0.3 is 0 Å². The molecular formula is C15H16O. The zero-order chi connectivity index (χ0) is 11.4. The van der Waals surface area contributed by atoms with Crippen LogP contribution >= 0.6 is 0 Å². The Kier molecular flexibility index (Phi) is 3.25. The van der Waals surface area contributed by atoms with Crippen molar-refractivity contribution < 1.29 is 4.74 Å². The third-order valence-corrected chi connectivity index (χ3v) is 2.68. The molecule has 0 fully saturated rings. The standard InChI is InChI=1S/C15H16O/c1-12-7-9-15(10-8-12)16-11-14-6-4-3-5-13(14)2/h3-10H,11H2,1-2H3. The van der Waals surface area contributed by atoms with Gasteiger partial charge in [-0.25, -0.2) is 0 Å². The molecule has 16 heavy (non-hydrogen) atoms. The molecule has 0 N–H and O–H groups in total. The average Bonchev–Trinajstić information content (AvgIpc) is 2.30. The number of rotatable bonds is 3. The van der Waals surface area contributed by atoms with Gasteiger partial charge in [-0.3, -0.25) is 0 Å². The van der Waals surface area contributed by atoms with Crippen LogP contribution in [0.15, 0.2) is 48.5 Å². The Labute approximate surface area is 96.7 Å². The van der Waals surface area contributed by atoms with Crippen molar-refractivity contribution in [2.75, 3.05) is 0 Å². The summed E-state index contributed by atoms with van der Waals surface area (Å²) in [6, 6.07) is 16.4. The summed E-state index contributed by atoms with van der Waals surface area (Å²) in [5.74, 6) is 0.925. The van der Waals surface area contributed by atoms with Gasteiger partial charge in [0, 0.05) is 0 Å². The van der Waals surface area contributed by atoms with E-state index in [0.717, 1.165) is 5.75 Å². The molecule has 2 aromatic carbocycles. The Morgan fingerprint density at radius 1 is 0.875 bits per heavy atom. The minimum atomic E-state index is 0.635. The predicted molar refractivity (Wildman–Crippen MR) is 66.7 cm³/mol. The van der Waals surface area contributed by atoms with E-state index in [1.54, 1.807) is 0 Å². The normalized spacial score (nSPS) is 10.1. The average molecular weight is 212 g/mol. The van der Waals surface area contributed by atoms with Crippen LogP contribution in [-0.4, -0.2) is 0 Å². The minimum absolute atomic E-state index is 0.635. The van der Waals surface area contributed by atoms with E-state index in [1.165, 1.54) is 16.7 Å². The van der Waals surface area contributed by atoms with E-state index >= 15 is 0 Å². The summed E-state index contributed by atoms with van der Waals surface area (Å²) >= 11 is 0. The molecule has 0 amide bonds. The van der Waals surface area contributed by atoms with Gasteiger partial charge in [0.2, 0.25) is 0 Å². The molecule has 0 saturated heterocycles. The highest BCUT2D eigenvalue weighted by Gasteiger charge is 1.98. The predicted octanol–water partition coefficient (Wildman–Crippen LogP) is 3.88. The quantitative estimate of drug-likeness (QED) is 0.750. The van der Waals surface area contributed by atoms with Gasteiger partial charge in [0.15, 0.2) is 0 Å². The third kappa shape index (κ3) is 2.63. The Bertz CT molecular complexity index is 457. The molecule has 1 nitrogen and oxygen atoms in total. The first-order chi connectivity index (χ1) is 7.75. The lowest BCUT2D eigenvalue weighted by molar-refractivity contribution is 0.305. The van der Waals surface area contributed by atoms with E-state index in [2.05, 4.69) is 38.1 Å². The van der Waals surface area contributed by atoms with Gasteiger partial charge in [-0.1, -0.05) is 42.0 Å². The largest absolute Gasteiger partial charge is 0.489 e. The molecule has 0 heterocycles. The van der Waals surface area contributed by atoms with E-state index in [-0.39, 0.29) is 0 Å². The van der Waals surface area contributed by atoms with Crippen LogP contribution in [0.1, 0.15) is 16.7 Å². The number of benzene rings is 2. The topological polar surface area (TPSA) is 9.23 Å². The highest BCUT2D eigenvalue weighted by atomic mass is 16.5. The maximum Gasteiger partial charge on any atom is 0.119 e. The van der Waals surface area contributed by atoms with Gasteiger partial charge in [-0.2, -0.15) is 0 Å². The minimum Gasteiger partial charge on any atom is -0.489 e. The van der Waals surface area contributed by atoms with Crippen LogP contribution in [0, 0.1) is 13.8 Å². The van der Waals surface area contributed by atoms with Gasteiger partial charge in [-0.15, -0.1) is 0 Å². The molecular weight excluding hydrogens is 196 g/mol. The smallest absolute Gasteiger partial charge is 0.119 e. The van der Waals surface area contributed by atoms with E-state index in [9.17, 15) is 0 Å². The summed E-state index contributed by atoms with van der Waals surface area (Å²) in [4.78, 5) is 0. The van der Waals surface area contributed by atoms with Crippen LogP contribution in [0.5, 0.6) is 5.75 Å². The van der Waals surface area contributed by atoms with Crippen LogP contribution in [0.4, 0.5) is 0 Å². The van der Waals surface area contributed by atoms with Crippen molar-refractivity contribution in [1.29, 1.82) is 0 Å². The van der Waals surface area contributed by atoms with Crippen molar-refractivity contribution in [2.24, 2.45) is 0 Å². The number of aryl methyl sites for hydroxylation is 2. The fourth-order valence-corrected chi connectivity index (χ4v) is 1.57.